The molecule has 0 aliphatic carbocycles. The molecule has 1 aromatic rings. The number of rotatable bonds is 2. The predicted molar refractivity (Wildman–Crippen MR) is 52.9 cm³/mol. The van der Waals surface area contributed by atoms with Crippen molar-refractivity contribution in [3.8, 4) is 5.75 Å². The molecule has 0 saturated carbocycles. The highest BCUT2D eigenvalue weighted by molar-refractivity contribution is 6.30. The van der Waals surface area contributed by atoms with E-state index < -0.39 is 0 Å². The fourth-order valence-corrected chi connectivity index (χ4v) is 1.08. The Morgan fingerprint density at radius 1 is 1.62 bits per heavy atom. The number of halogens is 1. The molecule has 0 unspecified atom stereocenters. The van der Waals surface area contributed by atoms with E-state index in [4.69, 9.17) is 16.3 Å². The molecule has 0 aliphatic rings. The van der Waals surface area contributed by atoms with Crippen LogP contribution in [0.3, 0.4) is 0 Å². The fourth-order valence-electron chi connectivity index (χ4n) is 0.920. The van der Waals surface area contributed by atoms with E-state index in [-0.39, 0.29) is 5.97 Å². The quantitative estimate of drug-likeness (QED) is 0.537. The minimum atomic E-state index is -0.370. The zero-order valence-corrected chi connectivity index (χ0v) is 7.97. The minimum Gasteiger partial charge on any atom is -0.426 e. The average Bonchev–Trinajstić information content (AvgIpc) is 2.03. The van der Waals surface area contributed by atoms with Crippen molar-refractivity contribution in [3.63, 3.8) is 0 Å². The number of carbonyl (C=O) groups excluding carboxylic acids is 1. The second kappa shape index (κ2) is 4.10. The third-order valence-electron chi connectivity index (χ3n) is 1.45. The van der Waals surface area contributed by atoms with Gasteiger partial charge in [-0.05, 0) is 12.1 Å². The van der Waals surface area contributed by atoms with Gasteiger partial charge in [0.25, 0.3) is 0 Å². The van der Waals surface area contributed by atoms with Gasteiger partial charge in [0.05, 0.1) is 0 Å². The van der Waals surface area contributed by atoms with Gasteiger partial charge in [-0.2, -0.15) is 0 Å². The van der Waals surface area contributed by atoms with E-state index in [9.17, 15) is 4.79 Å². The first-order valence-electron chi connectivity index (χ1n) is 3.74. The summed E-state index contributed by atoms with van der Waals surface area (Å²) in [5, 5.41) is 0.529. The van der Waals surface area contributed by atoms with Gasteiger partial charge in [0.1, 0.15) is 5.75 Å². The van der Waals surface area contributed by atoms with Crippen LogP contribution >= 0.6 is 11.6 Å². The number of ether oxygens (including phenoxy) is 1. The van der Waals surface area contributed by atoms with Crippen molar-refractivity contribution in [3.05, 3.63) is 35.4 Å². The first-order chi connectivity index (χ1) is 6.13. The smallest absolute Gasteiger partial charge is 0.308 e. The largest absolute Gasteiger partial charge is 0.426 e. The molecule has 0 atom stereocenters. The molecule has 3 heteroatoms. The van der Waals surface area contributed by atoms with Crippen molar-refractivity contribution in [1.82, 2.24) is 0 Å². The van der Waals surface area contributed by atoms with Gasteiger partial charge < -0.3 is 4.74 Å². The molecule has 0 aliphatic heterocycles. The zero-order chi connectivity index (χ0) is 9.84. The van der Waals surface area contributed by atoms with Crippen molar-refractivity contribution >= 4 is 23.6 Å². The molecular weight excluding hydrogens is 188 g/mol. The molecule has 68 valence electrons. The summed E-state index contributed by atoms with van der Waals surface area (Å²) in [6.45, 7) is 4.94. The van der Waals surface area contributed by atoms with Crippen LogP contribution in [0.4, 0.5) is 0 Å². The van der Waals surface area contributed by atoms with Crippen LogP contribution < -0.4 is 4.74 Å². The predicted octanol–water partition coefficient (Wildman–Crippen LogP) is 2.91. The summed E-state index contributed by atoms with van der Waals surface area (Å²) in [4.78, 5) is 10.7. The van der Waals surface area contributed by atoms with Crippen molar-refractivity contribution in [2.45, 2.75) is 6.92 Å². The highest BCUT2D eigenvalue weighted by Gasteiger charge is 2.03. The number of hydrogen-bond donors (Lipinski definition) is 0. The zero-order valence-electron chi connectivity index (χ0n) is 7.21. The highest BCUT2D eigenvalue weighted by atomic mass is 35.5. The molecule has 13 heavy (non-hydrogen) atoms. The molecular formula is C10H9ClO2. The van der Waals surface area contributed by atoms with Crippen LogP contribution in [0, 0.1) is 0 Å². The Morgan fingerprint density at radius 2 is 2.31 bits per heavy atom. The maximum absolute atomic E-state index is 10.7. The molecule has 0 saturated heterocycles. The molecule has 0 bridgehead atoms. The Morgan fingerprint density at radius 3 is 2.85 bits per heavy atom. The summed E-state index contributed by atoms with van der Waals surface area (Å²) in [6, 6.07) is 5.04. The lowest BCUT2D eigenvalue weighted by molar-refractivity contribution is -0.131. The second-order valence-electron chi connectivity index (χ2n) is 2.48. The van der Waals surface area contributed by atoms with Crippen LogP contribution in [-0.4, -0.2) is 5.97 Å². The SMILES string of the molecule is C=Cc1ccc(Cl)cc1OC(C)=O. The van der Waals surface area contributed by atoms with Gasteiger partial charge in [-0.25, -0.2) is 0 Å². The van der Waals surface area contributed by atoms with Gasteiger partial charge >= 0.3 is 5.97 Å². The van der Waals surface area contributed by atoms with E-state index in [1.807, 2.05) is 0 Å². The normalized spacial score (nSPS) is 9.38. The minimum absolute atomic E-state index is 0.370. The van der Waals surface area contributed by atoms with Crippen molar-refractivity contribution in [1.29, 1.82) is 0 Å². The number of carbonyl (C=O) groups is 1. The molecule has 0 heterocycles. The first kappa shape index (κ1) is 9.81. The molecule has 0 N–H and O–H groups in total. The Balaban J connectivity index is 3.07. The van der Waals surface area contributed by atoms with Crippen LogP contribution in [0.1, 0.15) is 12.5 Å². The van der Waals surface area contributed by atoms with Crippen LogP contribution in [-0.2, 0) is 4.79 Å². The molecule has 0 radical (unpaired) electrons. The Bertz CT molecular complexity index is 345. The van der Waals surface area contributed by atoms with Crippen molar-refractivity contribution in [2.24, 2.45) is 0 Å². The van der Waals surface area contributed by atoms with E-state index in [0.29, 0.717) is 10.8 Å². The van der Waals surface area contributed by atoms with Gasteiger partial charge in [-0.1, -0.05) is 24.3 Å². The van der Waals surface area contributed by atoms with Gasteiger partial charge in [0.15, 0.2) is 0 Å². The summed E-state index contributed by atoms with van der Waals surface area (Å²) in [7, 11) is 0. The lowest BCUT2D eigenvalue weighted by Gasteiger charge is -2.05. The molecule has 1 rings (SSSR count). The molecule has 0 amide bonds. The van der Waals surface area contributed by atoms with Gasteiger partial charge in [0, 0.05) is 23.6 Å². The van der Waals surface area contributed by atoms with Crippen LogP contribution in [0.15, 0.2) is 24.8 Å². The van der Waals surface area contributed by atoms with E-state index in [1.54, 1.807) is 24.3 Å². The topological polar surface area (TPSA) is 26.3 Å². The summed E-state index contributed by atoms with van der Waals surface area (Å²) in [5.41, 5.74) is 0.750. The average molecular weight is 197 g/mol. The van der Waals surface area contributed by atoms with Crippen molar-refractivity contribution in [2.75, 3.05) is 0 Å². The summed E-state index contributed by atoms with van der Waals surface area (Å²) in [6.07, 6.45) is 1.61. The number of benzene rings is 1. The standard InChI is InChI=1S/C10H9ClO2/c1-3-8-4-5-9(11)6-10(8)13-7(2)12/h3-6H,1H2,2H3. The summed E-state index contributed by atoms with van der Waals surface area (Å²) < 4.78 is 4.92. The highest BCUT2D eigenvalue weighted by Crippen LogP contribution is 2.24. The Hall–Kier alpha value is -1.28. The maximum Gasteiger partial charge on any atom is 0.308 e. The monoisotopic (exact) mass is 196 g/mol. The van der Waals surface area contributed by atoms with Crippen LogP contribution in [0.5, 0.6) is 5.75 Å². The third-order valence-corrected chi connectivity index (χ3v) is 1.68. The Labute approximate surface area is 81.8 Å². The van der Waals surface area contributed by atoms with Crippen LogP contribution in [0.2, 0.25) is 5.02 Å². The molecule has 2 nitrogen and oxygen atoms in total. The van der Waals surface area contributed by atoms with Gasteiger partial charge in [-0.15, -0.1) is 0 Å². The third kappa shape index (κ3) is 2.60. The van der Waals surface area contributed by atoms with Crippen LogP contribution in [0.25, 0.3) is 6.08 Å². The lowest BCUT2D eigenvalue weighted by Crippen LogP contribution is -2.02. The lowest BCUT2D eigenvalue weighted by atomic mass is 10.2. The van der Waals surface area contributed by atoms with E-state index >= 15 is 0 Å². The van der Waals surface area contributed by atoms with Gasteiger partial charge in [0.2, 0.25) is 0 Å². The van der Waals surface area contributed by atoms with E-state index in [1.165, 1.54) is 6.92 Å². The number of esters is 1. The molecule has 0 aromatic heterocycles. The summed E-state index contributed by atoms with van der Waals surface area (Å²) >= 11 is 5.73. The molecule has 1 aromatic carbocycles. The maximum atomic E-state index is 10.7. The Kier molecular flexibility index (Phi) is 3.09. The fraction of sp³-hybridized carbons (Fsp3) is 0.100. The van der Waals surface area contributed by atoms with Crippen molar-refractivity contribution < 1.29 is 9.53 Å². The molecule has 0 spiro atoms. The van der Waals surface area contributed by atoms with E-state index in [0.717, 1.165) is 5.56 Å². The summed E-state index contributed by atoms with van der Waals surface area (Å²) in [5.74, 6) is 0.0698. The second-order valence-corrected chi connectivity index (χ2v) is 2.92. The first-order valence-corrected chi connectivity index (χ1v) is 4.11. The van der Waals surface area contributed by atoms with E-state index in [2.05, 4.69) is 6.58 Å². The molecule has 0 fully saturated rings. The van der Waals surface area contributed by atoms with Gasteiger partial charge in [-0.3, -0.25) is 4.79 Å². The number of hydrogen-bond acceptors (Lipinski definition) is 2.